The summed E-state index contributed by atoms with van der Waals surface area (Å²) in [6, 6.07) is 6.38. The SMILES string of the molecule is Cl.N[C@@H]1CCN(C(=O)c2ccc3c(c2)CCCC3)C1. The summed E-state index contributed by atoms with van der Waals surface area (Å²) in [6.07, 6.45) is 5.74. The molecule has 0 aromatic heterocycles. The molecule has 2 N–H and O–H groups in total. The number of rotatable bonds is 1. The monoisotopic (exact) mass is 280 g/mol. The lowest BCUT2D eigenvalue weighted by Gasteiger charge is -2.19. The van der Waals surface area contributed by atoms with E-state index in [1.165, 1.54) is 30.4 Å². The summed E-state index contributed by atoms with van der Waals surface area (Å²) in [5.74, 6) is 0.149. The van der Waals surface area contributed by atoms with Crippen molar-refractivity contribution in [3.63, 3.8) is 0 Å². The first-order chi connectivity index (χ1) is 8.74. The largest absolute Gasteiger partial charge is 0.337 e. The number of carbonyl (C=O) groups excluding carboxylic acids is 1. The van der Waals surface area contributed by atoms with Crippen LogP contribution in [0.5, 0.6) is 0 Å². The standard InChI is InChI=1S/C15H20N2O.ClH/c16-14-7-8-17(10-14)15(18)13-6-5-11-3-1-2-4-12(11)9-13;/h5-6,9,14H,1-4,7-8,10,16H2;1H/t14-;/m1./s1. The van der Waals surface area contributed by atoms with E-state index in [0.717, 1.165) is 24.9 Å². The predicted molar refractivity (Wildman–Crippen MR) is 78.8 cm³/mol. The third kappa shape index (κ3) is 2.93. The van der Waals surface area contributed by atoms with Gasteiger partial charge in [-0.05, 0) is 55.4 Å². The summed E-state index contributed by atoms with van der Waals surface area (Å²) < 4.78 is 0. The number of likely N-dealkylation sites (tertiary alicyclic amines) is 1. The van der Waals surface area contributed by atoms with Crippen LogP contribution < -0.4 is 5.73 Å². The van der Waals surface area contributed by atoms with Gasteiger partial charge in [0.15, 0.2) is 0 Å². The Balaban J connectivity index is 0.00000133. The Hall–Kier alpha value is -1.06. The van der Waals surface area contributed by atoms with E-state index in [9.17, 15) is 4.79 Å². The molecule has 1 fully saturated rings. The summed E-state index contributed by atoms with van der Waals surface area (Å²) in [4.78, 5) is 14.2. The van der Waals surface area contributed by atoms with Crippen LogP contribution >= 0.6 is 12.4 Å². The first kappa shape index (κ1) is 14.4. The Kier molecular flexibility index (Phi) is 4.48. The highest BCUT2D eigenvalue weighted by Crippen LogP contribution is 2.23. The molecule has 1 aliphatic heterocycles. The Bertz CT molecular complexity index is 475. The molecule has 0 spiro atoms. The summed E-state index contributed by atoms with van der Waals surface area (Å²) >= 11 is 0. The van der Waals surface area contributed by atoms with Crippen molar-refractivity contribution in [3.05, 3.63) is 34.9 Å². The molecule has 19 heavy (non-hydrogen) atoms. The second-order valence-corrected chi connectivity index (χ2v) is 5.49. The van der Waals surface area contributed by atoms with E-state index in [2.05, 4.69) is 12.1 Å². The fraction of sp³-hybridized carbons (Fsp3) is 0.533. The Morgan fingerprint density at radius 3 is 2.63 bits per heavy atom. The van der Waals surface area contributed by atoms with Crippen LogP contribution in [-0.4, -0.2) is 29.9 Å². The van der Waals surface area contributed by atoms with Gasteiger partial charge in [0.05, 0.1) is 0 Å². The molecule has 3 nitrogen and oxygen atoms in total. The van der Waals surface area contributed by atoms with E-state index >= 15 is 0 Å². The van der Waals surface area contributed by atoms with Gasteiger partial charge in [-0.1, -0.05) is 6.07 Å². The fourth-order valence-electron chi connectivity index (χ4n) is 3.02. The van der Waals surface area contributed by atoms with Crippen LogP contribution in [0.15, 0.2) is 18.2 Å². The smallest absolute Gasteiger partial charge is 0.253 e. The average molecular weight is 281 g/mol. The number of nitrogens with two attached hydrogens (primary N) is 1. The van der Waals surface area contributed by atoms with Crippen molar-refractivity contribution in [2.45, 2.75) is 38.1 Å². The predicted octanol–water partition coefficient (Wildman–Crippen LogP) is 2.16. The van der Waals surface area contributed by atoms with Gasteiger partial charge in [-0.25, -0.2) is 0 Å². The summed E-state index contributed by atoms with van der Waals surface area (Å²) in [5, 5.41) is 0. The molecule has 2 aliphatic rings. The maximum Gasteiger partial charge on any atom is 0.253 e. The average Bonchev–Trinajstić information content (AvgIpc) is 2.84. The number of hydrogen-bond donors (Lipinski definition) is 1. The molecule has 1 heterocycles. The van der Waals surface area contributed by atoms with E-state index in [1.807, 2.05) is 11.0 Å². The number of hydrogen-bond acceptors (Lipinski definition) is 2. The second-order valence-electron chi connectivity index (χ2n) is 5.49. The maximum atomic E-state index is 12.3. The number of fused-ring (bicyclic) bond motifs is 1. The van der Waals surface area contributed by atoms with E-state index < -0.39 is 0 Å². The van der Waals surface area contributed by atoms with Crippen LogP contribution in [0.4, 0.5) is 0 Å². The zero-order valence-electron chi connectivity index (χ0n) is 11.1. The molecule has 1 atom stereocenters. The molecule has 0 radical (unpaired) electrons. The highest BCUT2D eigenvalue weighted by Gasteiger charge is 2.25. The van der Waals surface area contributed by atoms with Gasteiger partial charge in [0.25, 0.3) is 5.91 Å². The van der Waals surface area contributed by atoms with Gasteiger partial charge in [-0.2, -0.15) is 0 Å². The van der Waals surface area contributed by atoms with Gasteiger partial charge >= 0.3 is 0 Å². The van der Waals surface area contributed by atoms with Crippen molar-refractivity contribution in [2.24, 2.45) is 5.73 Å². The highest BCUT2D eigenvalue weighted by molar-refractivity contribution is 5.94. The number of amides is 1. The quantitative estimate of drug-likeness (QED) is 0.857. The van der Waals surface area contributed by atoms with Crippen LogP contribution in [0, 0.1) is 0 Å². The topological polar surface area (TPSA) is 46.3 Å². The molecule has 0 bridgehead atoms. The van der Waals surface area contributed by atoms with Gasteiger partial charge < -0.3 is 10.6 Å². The molecule has 1 aromatic carbocycles. The summed E-state index contributed by atoms with van der Waals surface area (Å²) in [6.45, 7) is 1.51. The Morgan fingerprint density at radius 2 is 1.95 bits per heavy atom. The van der Waals surface area contributed by atoms with E-state index in [-0.39, 0.29) is 24.4 Å². The van der Waals surface area contributed by atoms with Crippen LogP contribution in [-0.2, 0) is 12.8 Å². The van der Waals surface area contributed by atoms with Crippen molar-refractivity contribution in [1.29, 1.82) is 0 Å². The van der Waals surface area contributed by atoms with Crippen LogP contribution in [0.3, 0.4) is 0 Å². The second kappa shape index (κ2) is 5.93. The molecule has 1 aliphatic carbocycles. The van der Waals surface area contributed by atoms with Crippen molar-refractivity contribution in [3.8, 4) is 0 Å². The molecule has 1 amide bonds. The Labute approximate surface area is 120 Å². The van der Waals surface area contributed by atoms with Gasteiger partial charge in [0, 0.05) is 24.7 Å². The van der Waals surface area contributed by atoms with Gasteiger partial charge in [0.2, 0.25) is 0 Å². The molecule has 4 heteroatoms. The van der Waals surface area contributed by atoms with Crippen LogP contribution in [0.1, 0.15) is 40.7 Å². The minimum atomic E-state index is 0. The van der Waals surface area contributed by atoms with Crippen LogP contribution in [0.25, 0.3) is 0 Å². The summed E-state index contributed by atoms with van der Waals surface area (Å²) in [5.41, 5.74) is 9.49. The first-order valence-electron chi connectivity index (χ1n) is 6.91. The lowest BCUT2D eigenvalue weighted by Crippen LogP contribution is -2.32. The molecular weight excluding hydrogens is 260 g/mol. The van der Waals surface area contributed by atoms with Crippen molar-refractivity contribution < 1.29 is 4.79 Å². The minimum Gasteiger partial charge on any atom is -0.337 e. The molecule has 1 saturated heterocycles. The van der Waals surface area contributed by atoms with E-state index in [4.69, 9.17) is 5.73 Å². The van der Waals surface area contributed by atoms with Crippen molar-refractivity contribution in [1.82, 2.24) is 4.90 Å². The molecule has 104 valence electrons. The van der Waals surface area contributed by atoms with Gasteiger partial charge in [-0.15, -0.1) is 12.4 Å². The number of benzene rings is 1. The lowest BCUT2D eigenvalue weighted by atomic mass is 9.90. The highest BCUT2D eigenvalue weighted by atomic mass is 35.5. The fourth-order valence-corrected chi connectivity index (χ4v) is 3.02. The number of halogens is 1. The zero-order valence-corrected chi connectivity index (χ0v) is 11.9. The molecule has 0 saturated carbocycles. The van der Waals surface area contributed by atoms with Crippen molar-refractivity contribution >= 4 is 18.3 Å². The maximum absolute atomic E-state index is 12.3. The molecule has 1 aromatic rings. The number of nitrogens with zero attached hydrogens (tertiary/aromatic N) is 1. The van der Waals surface area contributed by atoms with E-state index in [1.54, 1.807) is 0 Å². The molecule has 3 rings (SSSR count). The summed E-state index contributed by atoms with van der Waals surface area (Å²) in [7, 11) is 0. The Morgan fingerprint density at radius 1 is 1.21 bits per heavy atom. The van der Waals surface area contributed by atoms with E-state index in [0.29, 0.717) is 6.54 Å². The van der Waals surface area contributed by atoms with Gasteiger partial charge in [0.1, 0.15) is 0 Å². The third-order valence-corrected chi connectivity index (χ3v) is 4.11. The molecule has 0 unspecified atom stereocenters. The first-order valence-corrected chi connectivity index (χ1v) is 6.91. The van der Waals surface area contributed by atoms with Gasteiger partial charge in [-0.3, -0.25) is 4.79 Å². The minimum absolute atomic E-state index is 0. The third-order valence-electron chi connectivity index (χ3n) is 4.11. The number of aryl methyl sites for hydroxylation is 2. The van der Waals surface area contributed by atoms with Crippen molar-refractivity contribution in [2.75, 3.05) is 13.1 Å². The zero-order chi connectivity index (χ0) is 12.5. The number of carbonyl (C=O) groups is 1. The normalized spacial score (nSPS) is 21.7. The molecular formula is C15H21ClN2O. The lowest BCUT2D eigenvalue weighted by molar-refractivity contribution is 0.0790. The van der Waals surface area contributed by atoms with Crippen LogP contribution in [0.2, 0.25) is 0 Å².